The summed E-state index contributed by atoms with van der Waals surface area (Å²) in [5.41, 5.74) is 0. The van der Waals surface area contributed by atoms with Gasteiger partial charge in [-0.2, -0.15) is 39.5 Å². The van der Waals surface area contributed by atoms with Crippen LogP contribution >= 0.6 is 0 Å². The molecule has 3 nitrogen and oxygen atoms in total. The number of unbranched alkanes of at least 4 members (excludes halogenated alkanes) is 3. The normalized spacial score (nSPS) is 14.5. The van der Waals surface area contributed by atoms with E-state index in [4.69, 9.17) is 0 Å². The molecule has 0 saturated heterocycles. The number of halogens is 9. The molecule has 0 heterocycles. The summed E-state index contributed by atoms with van der Waals surface area (Å²) in [6.07, 6.45) is -9.23. The van der Waals surface area contributed by atoms with Gasteiger partial charge < -0.3 is 14.6 Å². The summed E-state index contributed by atoms with van der Waals surface area (Å²) in [7, 11) is 0. The smallest absolute Gasteiger partial charge is 0.549 e. The van der Waals surface area contributed by atoms with Gasteiger partial charge in [-0.25, -0.2) is 0 Å². The number of carbonyl (C=O) groups is 1. The molecule has 0 aliphatic rings. The van der Waals surface area contributed by atoms with Gasteiger partial charge in [-0.05, 0) is 6.42 Å². The van der Waals surface area contributed by atoms with Crippen molar-refractivity contribution in [2.24, 2.45) is 5.92 Å². The standard InChI is InChI=1S/C13H17F9O3.Li/c1-2-3-4-5-6-8(7-25-9(23)24)10(14,15)11(16,17)12(18,19)13(20,21)22;/h8H,2-7H2,1H3,(H,23,24);/q;+1/p-1. The zero-order valence-electron chi connectivity index (χ0n) is 13.9. The first-order valence-corrected chi connectivity index (χ1v) is 7.16. The van der Waals surface area contributed by atoms with Crippen molar-refractivity contribution in [3.63, 3.8) is 0 Å². The predicted molar refractivity (Wildman–Crippen MR) is 64.5 cm³/mol. The van der Waals surface area contributed by atoms with Gasteiger partial charge in [-0.1, -0.05) is 32.6 Å². The quantitative estimate of drug-likeness (QED) is 0.242. The van der Waals surface area contributed by atoms with Gasteiger partial charge in [0.2, 0.25) is 0 Å². The maximum atomic E-state index is 13.8. The van der Waals surface area contributed by atoms with E-state index in [1.807, 2.05) is 0 Å². The van der Waals surface area contributed by atoms with Gasteiger partial charge in [0.1, 0.15) is 0 Å². The van der Waals surface area contributed by atoms with E-state index < -0.39 is 49.0 Å². The molecule has 0 aliphatic carbocycles. The average molecular weight is 398 g/mol. The topological polar surface area (TPSA) is 49.4 Å². The second-order valence-corrected chi connectivity index (χ2v) is 5.38. The number of rotatable bonds is 10. The molecule has 0 bridgehead atoms. The maximum Gasteiger partial charge on any atom is 1.00 e. The summed E-state index contributed by atoms with van der Waals surface area (Å²) in [4.78, 5) is 10.1. The van der Waals surface area contributed by atoms with Gasteiger partial charge in [0.15, 0.2) is 0 Å². The van der Waals surface area contributed by atoms with E-state index in [2.05, 4.69) is 4.74 Å². The van der Waals surface area contributed by atoms with Crippen LogP contribution in [0.4, 0.5) is 44.3 Å². The van der Waals surface area contributed by atoms with Crippen molar-refractivity contribution >= 4 is 6.16 Å². The fourth-order valence-corrected chi connectivity index (χ4v) is 2.00. The number of ether oxygens (including phenoxy) is 1. The number of carbonyl (C=O) groups excluding carboxylic acids is 1. The van der Waals surface area contributed by atoms with Crippen LogP contribution in [0.25, 0.3) is 0 Å². The van der Waals surface area contributed by atoms with E-state index in [1.165, 1.54) is 0 Å². The number of carboxylic acid groups (broad SMARTS) is 1. The van der Waals surface area contributed by atoms with Crippen LogP contribution in [0.3, 0.4) is 0 Å². The Hall–Kier alpha value is -0.763. The molecule has 0 aliphatic heterocycles. The molecule has 0 rings (SSSR count). The second-order valence-electron chi connectivity index (χ2n) is 5.38. The monoisotopic (exact) mass is 398 g/mol. The Kier molecular flexibility index (Phi) is 10.5. The Labute approximate surface area is 155 Å². The molecule has 0 saturated carbocycles. The van der Waals surface area contributed by atoms with Crippen molar-refractivity contribution in [2.45, 2.75) is 63.0 Å². The zero-order chi connectivity index (χ0) is 20.1. The van der Waals surface area contributed by atoms with E-state index in [0.717, 1.165) is 0 Å². The molecule has 13 heteroatoms. The maximum absolute atomic E-state index is 13.8. The summed E-state index contributed by atoms with van der Waals surface area (Å²) in [5.74, 6) is -22.6. The molecular formula is C13H16F9LiO3. The van der Waals surface area contributed by atoms with Crippen molar-refractivity contribution in [3.8, 4) is 0 Å². The SMILES string of the molecule is CCCCCCC(COC(=O)[O-])C(F)(F)C(F)(F)C(F)(F)C(F)(F)F.[Li+]. The van der Waals surface area contributed by atoms with E-state index in [0.29, 0.717) is 12.8 Å². The molecule has 0 aromatic rings. The largest absolute Gasteiger partial charge is 1.00 e. The fraction of sp³-hybridized carbons (Fsp3) is 0.923. The Bertz CT molecular complexity index is 441. The third kappa shape index (κ3) is 6.15. The molecule has 0 spiro atoms. The zero-order valence-corrected chi connectivity index (χ0v) is 13.9. The average Bonchev–Trinajstić information content (AvgIpc) is 2.44. The first-order chi connectivity index (χ1) is 11.1. The minimum atomic E-state index is -7.02. The van der Waals surface area contributed by atoms with Crippen LogP contribution in [-0.2, 0) is 4.74 Å². The molecule has 150 valence electrons. The molecule has 0 N–H and O–H groups in total. The molecule has 0 amide bonds. The van der Waals surface area contributed by atoms with Gasteiger partial charge in [0.05, 0.1) is 0 Å². The summed E-state index contributed by atoms with van der Waals surface area (Å²) < 4.78 is 120. The molecule has 1 unspecified atom stereocenters. The van der Waals surface area contributed by atoms with Crippen molar-refractivity contribution in [2.75, 3.05) is 6.61 Å². The van der Waals surface area contributed by atoms with Gasteiger partial charge in [0.25, 0.3) is 6.16 Å². The van der Waals surface area contributed by atoms with Crippen LogP contribution in [0.2, 0.25) is 0 Å². The van der Waals surface area contributed by atoms with Crippen LogP contribution in [0.15, 0.2) is 0 Å². The van der Waals surface area contributed by atoms with Crippen LogP contribution < -0.4 is 24.0 Å². The molecule has 0 aromatic heterocycles. The molecule has 0 radical (unpaired) electrons. The summed E-state index contributed by atoms with van der Waals surface area (Å²) >= 11 is 0. The molecule has 0 aromatic carbocycles. The minimum absolute atomic E-state index is 0. The third-order valence-corrected chi connectivity index (χ3v) is 3.49. The number of hydrogen-bond acceptors (Lipinski definition) is 3. The van der Waals surface area contributed by atoms with Crippen LogP contribution in [-0.4, -0.2) is 36.7 Å². The first kappa shape index (κ1) is 27.5. The molecule has 1 atom stereocenters. The molecule has 26 heavy (non-hydrogen) atoms. The van der Waals surface area contributed by atoms with Crippen molar-refractivity contribution in [1.29, 1.82) is 0 Å². The Morgan fingerprint density at radius 3 is 1.81 bits per heavy atom. The van der Waals surface area contributed by atoms with Crippen LogP contribution in [0, 0.1) is 5.92 Å². The number of hydrogen-bond donors (Lipinski definition) is 0. The summed E-state index contributed by atoms with van der Waals surface area (Å²) in [6.45, 7) is 0.00825. The second kappa shape index (κ2) is 9.97. The van der Waals surface area contributed by atoms with Gasteiger partial charge >= 0.3 is 42.8 Å². The van der Waals surface area contributed by atoms with Gasteiger partial charge in [-0.15, -0.1) is 0 Å². The first-order valence-electron chi connectivity index (χ1n) is 7.16. The summed E-state index contributed by atoms with van der Waals surface area (Å²) in [6, 6.07) is 0. The Balaban J connectivity index is 0. The van der Waals surface area contributed by atoms with Crippen molar-refractivity contribution in [3.05, 3.63) is 0 Å². The van der Waals surface area contributed by atoms with Gasteiger partial charge in [0, 0.05) is 12.5 Å². The van der Waals surface area contributed by atoms with E-state index in [-0.39, 0.29) is 31.7 Å². The van der Waals surface area contributed by atoms with Crippen LogP contribution in [0.1, 0.15) is 39.0 Å². The fourth-order valence-electron chi connectivity index (χ4n) is 2.00. The molecule has 0 fully saturated rings. The van der Waals surface area contributed by atoms with E-state index in [9.17, 15) is 49.4 Å². The van der Waals surface area contributed by atoms with Crippen molar-refractivity contribution < 1.29 is 73.0 Å². The third-order valence-electron chi connectivity index (χ3n) is 3.49. The van der Waals surface area contributed by atoms with E-state index in [1.54, 1.807) is 6.92 Å². The Morgan fingerprint density at radius 2 is 1.42 bits per heavy atom. The van der Waals surface area contributed by atoms with E-state index >= 15 is 0 Å². The Morgan fingerprint density at radius 1 is 0.923 bits per heavy atom. The predicted octanol–water partition coefficient (Wildman–Crippen LogP) is 1.41. The summed E-state index contributed by atoms with van der Waals surface area (Å²) in [5, 5.41) is 10.1. The van der Waals surface area contributed by atoms with Crippen LogP contribution in [0.5, 0.6) is 0 Å². The molecular weight excluding hydrogens is 382 g/mol. The number of alkyl halides is 9. The van der Waals surface area contributed by atoms with Gasteiger partial charge in [-0.3, -0.25) is 0 Å². The van der Waals surface area contributed by atoms with Crippen molar-refractivity contribution in [1.82, 2.24) is 0 Å². The minimum Gasteiger partial charge on any atom is -0.549 e.